The van der Waals surface area contributed by atoms with Crippen molar-refractivity contribution >= 4 is 11.6 Å². The van der Waals surface area contributed by atoms with Gasteiger partial charge in [0, 0.05) is 29.7 Å². The van der Waals surface area contributed by atoms with Crippen molar-refractivity contribution in [1.82, 2.24) is 15.1 Å². The second-order valence-electron chi connectivity index (χ2n) is 6.42. The molecule has 30 heavy (non-hydrogen) atoms. The SMILES string of the molecule is COc1ccc(-c2cnc(CCC(=O)Nc3cccc(-c4noc(=O)[nH]4)c3)o2)cc1. The number of carbonyl (C=O) groups excluding carboxylic acids is 1. The van der Waals surface area contributed by atoms with Gasteiger partial charge in [-0.25, -0.2) is 9.78 Å². The van der Waals surface area contributed by atoms with E-state index in [2.05, 4.69) is 25.0 Å². The van der Waals surface area contributed by atoms with Crippen LogP contribution in [0.4, 0.5) is 5.69 Å². The first kappa shape index (κ1) is 19.2. The summed E-state index contributed by atoms with van der Waals surface area (Å²) in [5.74, 6) is 1.33. The highest BCUT2D eigenvalue weighted by molar-refractivity contribution is 5.91. The van der Waals surface area contributed by atoms with Crippen molar-refractivity contribution in [3.63, 3.8) is 0 Å². The first-order valence-electron chi connectivity index (χ1n) is 9.16. The predicted octanol–water partition coefficient (Wildman–Crippen LogP) is 3.26. The van der Waals surface area contributed by atoms with Crippen LogP contribution in [-0.4, -0.2) is 28.1 Å². The van der Waals surface area contributed by atoms with Crippen LogP contribution in [0, 0.1) is 0 Å². The van der Waals surface area contributed by atoms with Gasteiger partial charge in [-0.2, -0.15) is 0 Å². The fraction of sp³-hybridized carbons (Fsp3) is 0.143. The van der Waals surface area contributed by atoms with E-state index in [1.54, 1.807) is 37.6 Å². The molecule has 4 rings (SSSR count). The van der Waals surface area contributed by atoms with E-state index in [0.717, 1.165) is 11.3 Å². The number of nitrogens with zero attached hydrogens (tertiary/aromatic N) is 2. The highest BCUT2D eigenvalue weighted by atomic mass is 16.5. The Balaban J connectivity index is 1.35. The molecule has 0 unspecified atom stereocenters. The van der Waals surface area contributed by atoms with Crippen molar-refractivity contribution in [3.8, 4) is 28.5 Å². The number of methoxy groups -OCH3 is 1. The van der Waals surface area contributed by atoms with Gasteiger partial charge < -0.3 is 14.5 Å². The Morgan fingerprint density at radius 1 is 1.17 bits per heavy atom. The molecule has 0 spiro atoms. The Morgan fingerprint density at radius 3 is 2.73 bits per heavy atom. The highest BCUT2D eigenvalue weighted by Crippen LogP contribution is 2.24. The van der Waals surface area contributed by atoms with Crippen molar-refractivity contribution in [3.05, 3.63) is 71.2 Å². The van der Waals surface area contributed by atoms with Crippen LogP contribution in [-0.2, 0) is 11.2 Å². The highest BCUT2D eigenvalue weighted by Gasteiger charge is 2.11. The van der Waals surface area contributed by atoms with Crippen LogP contribution >= 0.6 is 0 Å². The standard InChI is InChI=1S/C21H18N4O5/c1-28-16-7-5-13(6-8-16)17-12-22-19(29-17)10-9-18(26)23-15-4-2-3-14(11-15)20-24-21(27)30-25-20/h2-8,11-12H,9-10H2,1H3,(H,23,26)(H,24,25,27). The van der Waals surface area contributed by atoms with E-state index >= 15 is 0 Å². The van der Waals surface area contributed by atoms with Gasteiger partial charge in [-0.15, -0.1) is 0 Å². The predicted molar refractivity (Wildman–Crippen MR) is 108 cm³/mol. The quantitative estimate of drug-likeness (QED) is 0.483. The first-order chi connectivity index (χ1) is 14.6. The first-order valence-corrected chi connectivity index (χ1v) is 9.16. The molecule has 2 N–H and O–H groups in total. The van der Waals surface area contributed by atoms with Gasteiger partial charge in [0.1, 0.15) is 5.75 Å². The minimum atomic E-state index is -0.639. The maximum atomic E-state index is 12.3. The van der Waals surface area contributed by atoms with E-state index in [9.17, 15) is 9.59 Å². The summed E-state index contributed by atoms with van der Waals surface area (Å²) in [6, 6.07) is 14.4. The molecule has 0 aliphatic heterocycles. The van der Waals surface area contributed by atoms with Gasteiger partial charge >= 0.3 is 5.76 Å². The number of benzene rings is 2. The average molecular weight is 406 g/mol. The average Bonchev–Trinajstić information content (AvgIpc) is 3.42. The molecule has 0 radical (unpaired) electrons. The molecule has 2 aromatic carbocycles. The number of aromatic amines is 1. The van der Waals surface area contributed by atoms with Crippen molar-refractivity contribution in [2.75, 3.05) is 12.4 Å². The topological polar surface area (TPSA) is 123 Å². The number of rotatable bonds is 7. The van der Waals surface area contributed by atoms with Gasteiger partial charge in [-0.3, -0.25) is 14.3 Å². The molecule has 152 valence electrons. The zero-order valence-electron chi connectivity index (χ0n) is 16.0. The number of amides is 1. The fourth-order valence-corrected chi connectivity index (χ4v) is 2.86. The summed E-state index contributed by atoms with van der Waals surface area (Å²) in [5.41, 5.74) is 2.07. The zero-order chi connectivity index (χ0) is 20.9. The smallest absolute Gasteiger partial charge is 0.439 e. The Bertz CT molecular complexity index is 1210. The molecule has 4 aromatic rings. The minimum absolute atomic E-state index is 0.190. The van der Waals surface area contributed by atoms with Crippen LogP contribution < -0.4 is 15.8 Å². The maximum absolute atomic E-state index is 12.3. The van der Waals surface area contributed by atoms with Gasteiger partial charge in [-0.05, 0) is 36.4 Å². The number of aromatic nitrogens is 3. The largest absolute Gasteiger partial charge is 0.497 e. The third-order valence-corrected chi connectivity index (χ3v) is 4.35. The molecule has 2 aromatic heterocycles. The second-order valence-corrected chi connectivity index (χ2v) is 6.42. The molecule has 0 aliphatic rings. The molecular formula is C21H18N4O5. The van der Waals surface area contributed by atoms with Crippen molar-refractivity contribution in [2.24, 2.45) is 0 Å². The number of anilines is 1. The zero-order valence-corrected chi connectivity index (χ0v) is 16.0. The van der Waals surface area contributed by atoms with Crippen molar-refractivity contribution in [2.45, 2.75) is 12.8 Å². The number of hydrogen-bond donors (Lipinski definition) is 2. The van der Waals surface area contributed by atoms with Crippen LogP contribution in [0.5, 0.6) is 5.75 Å². The molecule has 2 heterocycles. The Morgan fingerprint density at radius 2 is 2.00 bits per heavy atom. The summed E-state index contributed by atoms with van der Waals surface area (Å²) >= 11 is 0. The normalized spacial score (nSPS) is 10.7. The molecule has 0 saturated carbocycles. The lowest BCUT2D eigenvalue weighted by Gasteiger charge is -2.05. The summed E-state index contributed by atoms with van der Waals surface area (Å²) in [5, 5.41) is 6.44. The summed E-state index contributed by atoms with van der Waals surface area (Å²) in [6.07, 6.45) is 2.20. The third kappa shape index (κ3) is 4.46. The lowest BCUT2D eigenvalue weighted by Crippen LogP contribution is -2.12. The van der Waals surface area contributed by atoms with Crippen LogP contribution in [0.2, 0.25) is 0 Å². The fourth-order valence-electron chi connectivity index (χ4n) is 2.86. The maximum Gasteiger partial charge on any atom is 0.439 e. The Hall–Kier alpha value is -4.14. The van der Waals surface area contributed by atoms with E-state index in [1.165, 1.54) is 0 Å². The Kier molecular flexibility index (Phi) is 5.42. The van der Waals surface area contributed by atoms with E-state index in [0.29, 0.717) is 35.1 Å². The van der Waals surface area contributed by atoms with Crippen molar-refractivity contribution in [1.29, 1.82) is 0 Å². The molecular weight excluding hydrogens is 388 g/mol. The van der Waals surface area contributed by atoms with Crippen LogP contribution in [0.3, 0.4) is 0 Å². The molecule has 9 heteroatoms. The summed E-state index contributed by atoms with van der Waals surface area (Å²) in [6.45, 7) is 0. The number of aryl methyl sites for hydroxylation is 1. The molecule has 0 saturated heterocycles. The van der Waals surface area contributed by atoms with Crippen molar-refractivity contribution < 1.29 is 18.5 Å². The molecule has 1 amide bonds. The van der Waals surface area contributed by atoms with Crippen LogP contribution in [0.25, 0.3) is 22.7 Å². The number of ether oxygens (including phenoxy) is 1. The molecule has 9 nitrogen and oxygen atoms in total. The number of oxazole rings is 1. The summed E-state index contributed by atoms with van der Waals surface area (Å²) in [7, 11) is 1.61. The summed E-state index contributed by atoms with van der Waals surface area (Å²) < 4.78 is 15.4. The molecule has 0 aliphatic carbocycles. The lowest BCUT2D eigenvalue weighted by atomic mass is 10.2. The third-order valence-electron chi connectivity index (χ3n) is 4.35. The van der Waals surface area contributed by atoms with E-state index in [1.807, 2.05) is 24.3 Å². The van der Waals surface area contributed by atoms with Gasteiger partial charge in [0.25, 0.3) is 0 Å². The molecule has 0 bridgehead atoms. The van der Waals surface area contributed by atoms with Gasteiger partial charge in [0.2, 0.25) is 5.91 Å². The van der Waals surface area contributed by atoms with Gasteiger partial charge in [0.05, 0.1) is 13.3 Å². The second kappa shape index (κ2) is 8.48. The van der Waals surface area contributed by atoms with Crippen LogP contribution in [0.15, 0.2) is 68.5 Å². The van der Waals surface area contributed by atoms with E-state index in [4.69, 9.17) is 9.15 Å². The minimum Gasteiger partial charge on any atom is -0.497 e. The summed E-state index contributed by atoms with van der Waals surface area (Å²) in [4.78, 5) is 30.1. The van der Waals surface area contributed by atoms with E-state index in [-0.39, 0.29) is 12.3 Å². The number of hydrogen-bond acceptors (Lipinski definition) is 7. The Labute approximate surface area is 170 Å². The van der Waals surface area contributed by atoms with Gasteiger partial charge in [0.15, 0.2) is 17.5 Å². The van der Waals surface area contributed by atoms with Crippen LogP contribution in [0.1, 0.15) is 12.3 Å². The van der Waals surface area contributed by atoms with E-state index < -0.39 is 5.76 Å². The lowest BCUT2D eigenvalue weighted by molar-refractivity contribution is -0.116. The monoisotopic (exact) mass is 406 g/mol. The van der Waals surface area contributed by atoms with Gasteiger partial charge in [-0.1, -0.05) is 17.3 Å². The molecule has 0 atom stereocenters. The number of nitrogens with one attached hydrogen (secondary N) is 2. The molecule has 0 fully saturated rings. The number of H-pyrrole nitrogens is 1. The number of carbonyl (C=O) groups is 1.